The van der Waals surface area contributed by atoms with Crippen LogP contribution in [0.3, 0.4) is 0 Å². The molecule has 3 heteroatoms. The predicted molar refractivity (Wildman–Crippen MR) is 53.4 cm³/mol. The topological polar surface area (TPSA) is 32.3 Å². The van der Waals surface area contributed by atoms with Crippen molar-refractivity contribution in [3.05, 3.63) is 24.3 Å². The van der Waals surface area contributed by atoms with E-state index >= 15 is 0 Å². The fourth-order valence-corrected chi connectivity index (χ4v) is 1.24. The van der Waals surface area contributed by atoms with Crippen molar-refractivity contribution in [2.75, 3.05) is 26.2 Å². The highest BCUT2D eigenvalue weighted by Crippen LogP contribution is 1.94. The van der Waals surface area contributed by atoms with Crippen LogP contribution in [0.25, 0.3) is 0 Å². The summed E-state index contributed by atoms with van der Waals surface area (Å²) >= 11 is 0. The van der Waals surface area contributed by atoms with E-state index in [1.54, 1.807) is 12.2 Å². The summed E-state index contributed by atoms with van der Waals surface area (Å²) in [6, 6.07) is 0. The van der Waals surface area contributed by atoms with Gasteiger partial charge in [0.05, 0.1) is 0 Å². The first-order chi connectivity index (χ1) is 6.34. The minimum Gasteiger partial charge on any atom is -0.337 e. The average Bonchev–Trinajstić information content (AvgIpc) is 2.19. The van der Waals surface area contributed by atoms with Gasteiger partial charge in [0.15, 0.2) is 0 Å². The molecule has 1 aliphatic heterocycles. The maximum atomic E-state index is 11.5. The van der Waals surface area contributed by atoms with Gasteiger partial charge in [-0.1, -0.05) is 18.2 Å². The standard InChI is InChI=1S/C10H16N2O/c1-2-3-4-5-10(13)12-8-6-11-7-9-12/h2-5,11H,6-9H2,1H3. The van der Waals surface area contributed by atoms with Gasteiger partial charge in [-0.25, -0.2) is 0 Å². The van der Waals surface area contributed by atoms with Crippen molar-refractivity contribution in [2.24, 2.45) is 0 Å². The summed E-state index contributed by atoms with van der Waals surface area (Å²) in [6.45, 7) is 5.38. The molecule has 1 aliphatic rings. The summed E-state index contributed by atoms with van der Waals surface area (Å²) < 4.78 is 0. The highest BCUT2D eigenvalue weighted by atomic mass is 16.2. The van der Waals surface area contributed by atoms with Crippen LogP contribution in [0.5, 0.6) is 0 Å². The molecule has 0 aromatic carbocycles. The largest absolute Gasteiger partial charge is 0.337 e. The molecule has 1 amide bonds. The van der Waals surface area contributed by atoms with Crippen molar-refractivity contribution in [1.29, 1.82) is 0 Å². The fraction of sp³-hybridized carbons (Fsp3) is 0.500. The summed E-state index contributed by atoms with van der Waals surface area (Å²) in [5.41, 5.74) is 0. The van der Waals surface area contributed by atoms with E-state index in [0.717, 1.165) is 26.2 Å². The van der Waals surface area contributed by atoms with Crippen LogP contribution in [0.4, 0.5) is 0 Å². The predicted octanol–water partition coefficient (Wildman–Crippen LogP) is 0.550. The molecule has 1 saturated heterocycles. The molecule has 0 saturated carbocycles. The number of carbonyl (C=O) groups excluding carboxylic acids is 1. The number of rotatable bonds is 2. The van der Waals surface area contributed by atoms with Gasteiger partial charge < -0.3 is 10.2 Å². The van der Waals surface area contributed by atoms with Crippen LogP contribution < -0.4 is 5.32 Å². The van der Waals surface area contributed by atoms with Gasteiger partial charge in [0.2, 0.25) is 5.91 Å². The zero-order chi connectivity index (χ0) is 9.52. The van der Waals surface area contributed by atoms with Crippen molar-refractivity contribution in [2.45, 2.75) is 6.92 Å². The molecule has 1 fully saturated rings. The first-order valence-electron chi connectivity index (χ1n) is 4.63. The fourth-order valence-electron chi connectivity index (χ4n) is 1.24. The minimum absolute atomic E-state index is 0.111. The molecule has 13 heavy (non-hydrogen) atoms. The first kappa shape index (κ1) is 9.99. The zero-order valence-corrected chi connectivity index (χ0v) is 7.99. The van der Waals surface area contributed by atoms with Crippen LogP contribution in [0, 0.1) is 0 Å². The number of nitrogens with one attached hydrogen (secondary N) is 1. The molecule has 0 aromatic heterocycles. The molecule has 0 aliphatic carbocycles. The van der Waals surface area contributed by atoms with Crippen molar-refractivity contribution in [3.63, 3.8) is 0 Å². The highest BCUT2D eigenvalue weighted by Gasteiger charge is 2.12. The minimum atomic E-state index is 0.111. The van der Waals surface area contributed by atoms with Gasteiger partial charge in [-0.05, 0) is 6.92 Å². The summed E-state index contributed by atoms with van der Waals surface area (Å²) in [5, 5.41) is 3.20. The Morgan fingerprint density at radius 1 is 1.31 bits per heavy atom. The van der Waals surface area contributed by atoms with Crippen LogP contribution in [-0.2, 0) is 4.79 Å². The number of allylic oxidation sites excluding steroid dienone is 3. The lowest BCUT2D eigenvalue weighted by Gasteiger charge is -2.26. The Bertz CT molecular complexity index is 215. The monoisotopic (exact) mass is 180 g/mol. The average molecular weight is 180 g/mol. The Balaban J connectivity index is 2.37. The Kier molecular flexibility index (Phi) is 4.26. The molecule has 1 N–H and O–H groups in total. The molecule has 0 bridgehead atoms. The van der Waals surface area contributed by atoms with Gasteiger partial charge in [0, 0.05) is 32.3 Å². The molecule has 72 valence electrons. The van der Waals surface area contributed by atoms with Crippen molar-refractivity contribution >= 4 is 5.91 Å². The normalized spacial score (nSPS) is 18.7. The summed E-state index contributed by atoms with van der Waals surface area (Å²) in [4.78, 5) is 13.3. The quantitative estimate of drug-likeness (QED) is 0.497. The Morgan fingerprint density at radius 3 is 2.62 bits per heavy atom. The van der Waals surface area contributed by atoms with Crippen molar-refractivity contribution in [1.82, 2.24) is 10.2 Å². The SMILES string of the molecule is CC=CC=CC(=O)N1CCNCC1. The Morgan fingerprint density at radius 2 is 2.00 bits per heavy atom. The van der Waals surface area contributed by atoms with E-state index in [1.165, 1.54) is 0 Å². The van der Waals surface area contributed by atoms with Crippen molar-refractivity contribution < 1.29 is 4.79 Å². The van der Waals surface area contributed by atoms with Crippen LogP contribution in [0.2, 0.25) is 0 Å². The molecule has 3 nitrogen and oxygen atoms in total. The Hall–Kier alpha value is -1.09. The molecule has 1 heterocycles. The van der Waals surface area contributed by atoms with Crippen LogP contribution in [0.1, 0.15) is 6.92 Å². The summed E-state index contributed by atoms with van der Waals surface area (Å²) in [5.74, 6) is 0.111. The summed E-state index contributed by atoms with van der Waals surface area (Å²) in [6.07, 6.45) is 7.16. The van der Waals surface area contributed by atoms with E-state index in [4.69, 9.17) is 0 Å². The maximum absolute atomic E-state index is 11.5. The lowest BCUT2D eigenvalue weighted by Crippen LogP contribution is -2.45. The smallest absolute Gasteiger partial charge is 0.246 e. The molecular formula is C10H16N2O. The molecule has 0 radical (unpaired) electrons. The van der Waals surface area contributed by atoms with E-state index in [-0.39, 0.29) is 5.91 Å². The van der Waals surface area contributed by atoms with Gasteiger partial charge in [-0.2, -0.15) is 0 Å². The number of amides is 1. The maximum Gasteiger partial charge on any atom is 0.246 e. The number of nitrogens with zero attached hydrogens (tertiary/aromatic N) is 1. The number of carbonyl (C=O) groups is 1. The second kappa shape index (κ2) is 5.54. The van der Waals surface area contributed by atoms with Crippen LogP contribution in [0.15, 0.2) is 24.3 Å². The summed E-state index contributed by atoms with van der Waals surface area (Å²) in [7, 11) is 0. The Labute approximate surface area is 79.1 Å². The molecule has 0 unspecified atom stereocenters. The second-order valence-electron chi connectivity index (χ2n) is 2.96. The van der Waals surface area contributed by atoms with Gasteiger partial charge in [0.1, 0.15) is 0 Å². The van der Waals surface area contributed by atoms with Gasteiger partial charge >= 0.3 is 0 Å². The number of hydrogen-bond donors (Lipinski definition) is 1. The van der Waals surface area contributed by atoms with E-state index in [2.05, 4.69) is 5.32 Å². The van der Waals surface area contributed by atoms with Crippen LogP contribution >= 0.6 is 0 Å². The highest BCUT2D eigenvalue weighted by molar-refractivity contribution is 5.87. The molecule has 0 spiro atoms. The van der Waals surface area contributed by atoms with E-state index in [9.17, 15) is 4.79 Å². The van der Waals surface area contributed by atoms with E-state index < -0.39 is 0 Å². The lowest BCUT2D eigenvalue weighted by atomic mass is 10.3. The zero-order valence-electron chi connectivity index (χ0n) is 7.99. The van der Waals surface area contributed by atoms with Gasteiger partial charge in [0.25, 0.3) is 0 Å². The van der Waals surface area contributed by atoms with Crippen molar-refractivity contribution in [3.8, 4) is 0 Å². The molecule has 0 atom stereocenters. The second-order valence-corrected chi connectivity index (χ2v) is 2.96. The van der Waals surface area contributed by atoms with E-state index in [1.807, 2.05) is 24.0 Å². The van der Waals surface area contributed by atoms with Crippen LogP contribution in [-0.4, -0.2) is 37.0 Å². The van der Waals surface area contributed by atoms with Gasteiger partial charge in [-0.3, -0.25) is 4.79 Å². The number of hydrogen-bond acceptors (Lipinski definition) is 2. The first-order valence-corrected chi connectivity index (χ1v) is 4.63. The lowest BCUT2D eigenvalue weighted by molar-refractivity contribution is -0.126. The number of piperazine rings is 1. The van der Waals surface area contributed by atoms with E-state index in [0.29, 0.717) is 0 Å². The third kappa shape index (κ3) is 3.42. The molecule has 1 rings (SSSR count). The third-order valence-electron chi connectivity index (χ3n) is 1.97. The van der Waals surface area contributed by atoms with Gasteiger partial charge in [-0.15, -0.1) is 0 Å². The third-order valence-corrected chi connectivity index (χ3v) is 1.97. The molecule has 0 aromatic rings. The molecular weight excluding hydrogens is 164 g/mol.